The van der Waals surface area contributed by atoms with Gasteiger partial charge >= 0.3 is 6.03 Å². The van der Waals surface area contributed by atoms with Crippen molar-refractivity contribution in [3.63, 3.8) is 0 Å². The molecule has 1 fully saturated rings. The minimum Gasteiger partial charge on any atom is -0.346 e. The van der Waals surface area contributed by atoms with Gasteiger partial charge in [-0.1, -0.05) is 0 Å². The summed E-state index contributed by atoms with van der Waals surface area (Å²) in [6, 6.07) is 0.721. The van der Waals surface area contributed by atoms with Crippen LogP contribution in [0.1, 0.15) is 42.3 Å². The molecule has 3 amide bonds. The molecule has 7 nitrogen and oxygen atoms in total. The van der Waals surface area contributed by atoms with Crippen LogP contribution in [0.5, 0.6) is 0 Å². The molecule has 0 aromatic carbocycles. The largest absolute Gasteiger partial charge is 0.346 e. The summed E-state index contributed by atoms with van der Waals surface area (Å²) in [7, 11) is 0. The first kappa shape index (κ1) is 20.0. The highest BCUT2D eigenvalue weighted by atomic mass is 19.3. The van der Waals surface area contributed by atoms with Crippen molar-refractivity contribution >= 4 is 17.6 Å². The fraction of sp³-hybridized carbons (Fsp3) is 0.368. The number of nitrogens with one attached hydrogen (secondary N) is 2. The zero-order valence-corrected chi connectivity index (χ0v) is 15.8. The summed E-state index contributed by atoms with van der Waals surface area (Å²) in [5.74, 6) is -6.20. The van der Waals surface area contributed by atoms with Gasteiger partial charge in [0.15, 0.2) is 0 Å². The van der Waals surface area contributed by atoms with E-state index in [0.29, 0.717) is 17.3 Å². The summed E-state index contributed by atoms with van der Waals surface area (Å²) in [4.78, 5) is 33.5. The van der Waals surface area contributed by atoms with Crippen LogP contribution in [0.4, 0.5) is 28.0 Å². The molecule has 3 heterocycles. The summed E-state index contributed by atoms with van der Waals surface area (Å²) >= 11 is 0. The second-order valence-electron chi connectivity index (χ2n) is 7.34. The molecule has 2 unspecified atom stereocenters. The maximum atomic E-state index is 13.8. The number of carbonyl (C=O) groups is 2. The highest BCUT2D eigenvalue weighted by molar-refractivity contribution is 5.95. The molecular weight excluding hydrogens is 406 g/mol. The van der Waals surface area contributed by atoms with E-state index in [1.807, 2.05) is 0 Å². The number of fused-ring (bicyclic) bond motifs is 1. The third-order valence-electron chi connectivity index (χ3n) is 5.08. The van der Waals surface area contributed by atoms with E-state index in [2.05, 4.69) is 20.6 Å². The topological polar surface area (TPSA) is 87.2 Å². The summed E-state index contributed by atoms with van der Waals surface area (Å²) in [6.07, 6.45) is 1.88. The van der Waals surface area contributed by atoms with E-state index in [-0.39, 0.29) is 24.4 Å². The van der Waals surface area contributed by atoms with E-state index in [0.717, 1.165) is 11.1 Å². The van der Waals surface area contributed by atoms with Crippen LogP contribution in [-0.4, -0.2) is 39.3 Å². The maximum absolute atomic E-state index is 13.8. The third kappa shape index (κ3) is 3.79. The van der Waals surface area contributed by atoms with Crippen LogP contribution in [0.15, 0.2) is 24.5 Å². The molecule has 2 aromatic heterocycles. The van der Waals surface area contributed by atoms with Crippen molar-refractivity contribution < 1.29 is 27.2 Å². The van der Waals surface area contributed by atoms with Crippen LogP contribution < -0.4 is 10.6 Å². The maximum Gasteiger partial charge on any atom is 0.322 e. The first-order chi connectivity index (χ1) is 14.2. The third-order valence-corrected chi connectivity index (χ3v) is 5.08. The Balaban J connectivity index is 1.46. The fourth-order valence-corrected chi connectivity index (χ4v) is 3.46. The lowest BCUT2D eigenvalue weighted by Gasteiger charge is -2.30. The van der Waals surface area contributed by atoms with Gasteiger partial charge in [-0.25, -0.2) is 22.4 Å². The Morgan fingerprint density at radius 2 is 2.13 bits per heavy atom. The monoisotopic (exact) mass is 423 g/mol. The number of halogens is 4. The van der Waals surface area contributed by atoms with Crippen molar-refractivity contribution in [2.24, 2.45) is 0 Å². The molecule has 0 radical (unpaired) electrons. The second-order valence-corrected chi connectivity index (χ2v) is 7.34. The predicted molar refractivity (Wildman–Crippen MR) is 96.7 cm³/mol. The van der Waals surface area contributed by atoms with Gasteiger partial charge in [-0.3, -0.25) is 14.8 Å². The van der Waals surface area contributed by atoms with Crippen LogP contribution in [0.2, 0.25) is 0 Å². The van der Waals surface area contributed by atoms with Crippen molar-refractivity contribution in [2.75, 3.05) is 11.9 Å². The van der Waals surface area contributed by atoms with Gasteiger partial charge in [0.25, 0.3) is 5.92 Å². The fourth-order valence-electron chi connectivity index (χ4n) is 3.46. The summed E-state index contributed by atoms with van der Waals surface area (Å²) < 4.78 is 53.9. The highest BCUT2D eigenvalue weighted by Gasteiger charge is 2.59. The average molecular weight is 423 g/mol. The number of anilines is 1. The first-order valence-electron chi connectivity index (χ1n) is 9.17. The number of aromatic nitrogens is 2. The highest BCUT2D eigenvalue weighted by Crippen LogP contribution is 2.56. The number of amides is 3. The molecule has 1 aliphatic heterocycles. The molecule has 1 aliphatic carbocycles. The molecular formula is C19H17F4N5O2. The smallest absolute Gasteiger partial charge is 0.322 e. The average Bonchev–Trinajstić information content (AvgIpc) is 3.29. The van der Waals surface area contributed by atoms with Crippen LogP contribution >= 0.6 is 0 Å². The van der Waals surface area contributed by atoms with E-state index in [9.17, 15) is 27.2 Å². The Morgan fingerprint density at radius 1 is 1.40 bits per heavy atom. The van der Waals surface area contributed by atoms with Crippen LogP contribution in [0.25, 0.3) is 0 Å². The first-order valence-corrected chi connectivity index (χ1v) is 9.17. The molecule has 2 N–H and O–H groups in total. The number of carbonyl (C=O) groups excluding carboxylic acids is 2. The SMILES string of the molecule is CC(NC(=O)CN1Cc2c(ccnc2C2CC2(F)F)NC1=O)c1ncc(F)cc1F. The zero-order chi connectivity index (χ0) is 21.6. The lowest BCUT2D eigenvalue weighted by molar-refractivity contribution is -0.122. The van der Waals surface area contributed by atoms with E-state index in [4.69, 9.17) is 0 Å². The molecule has 1 saturated carbocycles. The quantitative estimate of drug-likeness (QED) is 0.724. The molecule has 0 spiro atoms. The van der Waals surface area contributed by atoms with E-state index >= 15 is 0 Å². The number of rotatable bonds is 5. The van der Waals surface area contributed by atoms with Gasteiger partial charge in [0.1, 0.15) is 18.2 Å². The van der Waals surface area contributed by atoms with Crippen LogP contribution in [0, 0.1) is 11.6 Å². The van der Waals surface area contributed by atoms with Crippen LogP contribution in [0.3, 0.4) is 0 Å². The van der Waals surface area contributed by atoms with Gasteiger partial charge in [-0.2, -0.15) is 0 Å². The van der Waals surface area contributed by atoms with Gasteiger partial charge in [0, 0.05) is 24.2 Å². The van der Waals surface area contributed by atoms with E-state index in [1.54, 1.807) is 0 Å². The molecule has 2 atom stereocenters. The molecule has 0 saturated heterocycles. The van der Waals surface area contributed by atoms with Crippen molar-refractivity contribution in [1.82, 2.24) is 20.2 Å². The van der Waals surface area contributed by atoms with Gasteiger partial charge < -0.3 is 15.5 Å². The lowest BCUT2D eigenvalue weighted by Crippen LogP contribution is -2.45. The minimum atomic E-state index is -2.83. The van der Waals surface area contributed by atoms with Gasteiger partial charge in [-0.15, -0.1) is 0 Å². The van der Waals surface area contributed by atoms with Gasteiger partial charge in [0.05, 0.1) is 41.8 Å². The Morgan fingerprint density at radius 3 is 2.80 bits per heavy atom. The molecule has 11 heteroatoms. The molecule has 0 bridgehead atoms. The lowest BCUT2D eigenvalue weighted by atomic mass is 10.1. The van der Waals surface area contributed by atoms with Crippen molar-refractivity contribution in [2.45, 2.75) is 37.8 Å². The summed E-state index contributed by atoms with van der Waals surface area (Å²) in [6.45, 7) is 1.000. The molecule has 158 valence electrons. The Hall–Kier alpha value is -3.24. The zero-order valence-electron chi connectivity index (χ0n) is 15.8. The Bertz CT molecular complexity index is 1030. The standard InChI is InChI=1S/C19H17F4N5O2/c1-9(16-13(21)4-10(20)6-25-16)26-15(29)8-28-7-11-14(27-18(28)30)2-3-24-17(11)12-5-19(12,22)23/h2-4,6,9,12H,5,7-8H2,1H3,(H,26,29)(H,27,30). The molecule has 2 aliphatic rings. The van der Waals surface area contributed by atoms with Gasteiger partial charge in [-0.05, 0) is 13.0 Å². The number of urea groups is 1. The van der Waals surface area contributed by atoms with Crippen molar-refractivity contribution in [3.05, 3.63) is 53.1 Å². The number of hydrogen-bond acceptors (Lipinski definition) is 4. The van der Waals surface area contributed by atoms with Crippen molar-refractivity contribution in [1.29, 1.82) is 0 Å². The normalized spacial score (nSPS) is 20.2. The van der Waals surface area contributed by atoms with E-state index in [1.165, 1.54) is 19.2 Å². The number of nitrogens with zero attached hydrogens (tertiary/aromatic N) is 3. The van der Waals surface area contributed by atoms with Gasteiger partial charge in [0.2, 0.25) is 5.91 Å². The summed E-state index contributed by atoms with van der Waals surface area (Å²) in [5, 5.41) is 5.06. The minimum absolute atomic E-state index is 0.0676. The Kier molecular flexibility index (Phi) is 4.83. The molecule has 4 rings (SSSR count). The predicted octanol–water partition coefficient (Wildman–Crippen LogP) is 3.10. The van der Waals surface area contributed by atoms with E-state index < -0.39 is 48.0 Å². The number of alkyl halides is 2. The van der Waals surface area contributed by atoms with Crippen molar-refractivity contribution in [3.8, 4) is 0 Å². The number of hydrogen-bond donors (Lipinski definition) is 2. The second kappa shape index (κ2) is 7.22. The summed E-state index contributed by atoms with van der Waals surface area (Å²) in [5.41, 5.74) is 0.871. The molecule has 30 heavy (non-hydrogen) atoms. The molecule has 2 aromatic rings. The number of pyridine rings is 2. The van der Waals surface area contributed by atoms with Crippen LogP contribution in [-0.2, 0) is 11.3 Å². The Labute approximate surface area is 168 Å².